The third-order valence-corrected chi connectivity index (χ3v) is 4.90. The molecule has 5 nitrogen and oxygen atoms in total. The first-order valence-corrected chi connectivity index (χ1v) is 8.67. The van der Waals surface area contributed by atoms with Crippen LogP contribution in [0, 0.1) is 6.92 Å². The molecule has 0 aliphatic rings. The molecule has 1 N–H and O–H groups in total. The summed E-state index contributed by atoms with van der Waals surface area (Å²) in [7, 11) is -0.465. The van der Waals surface area contributed by atoms with Gasteiger partial charge in [0, 0.05) is 14.1 Å². The van der Waals surface area contributed by atoms with Gasteiger partial charge in [0.1, 0.15) is 0 Å². The molecule has 122 valence electrons. The molecule has 0 heterocycles. The predicted octanol–water partition coefficient (Wildman–Crippen LogP) is 3.15. The molecule has 0 bridgehead atoms. The summed E-state index contributed by atoms with van der Waals surface area (Å²) in [6, 6.07) is 10.9. The van der Waals surface area contributed by atoms with Crippen molar-refractivity contribution in [3.05, 3.63) is 58.6 Å². The second-order valence-corrected chi connectivity index (χ2v) is 7.40. The number of hydrogen-bond acceptors (Lipinski definition) is 3. The van der Waals surface area contributed by atoms with E-state index in [-0.39, 0.29) is 15.8 Å². The molecule has 0 unspecified atom stereocenters. The molecule has 7 heteroatoms. The highest BCUT2D eigenvalue weighted by Crippen LogP contribution is 2.24. The number of carbonyl (C=O) groups is 1. The van der Waals surface area contributed by atoms with Crippen LogP contribution in [0.5, 0.6) is 0 Å². The average Bonchev–Trinajstić information content (AvgIpc) is 2.46. The maximum absolute atomic E-state index is 12.3. The first-order valence-electron chi connectivity index (χ1n) is 6.81. The van der Waals surface area contributed by atoms with E-state index in [1.165, 1.54) is 35.2 Å². The SMILES string of the molecule is Cc1ccc(S(=O)(=O)Nc2ccc(C(=O)N(C)C)c(Cl)c2)cc1. The first kappa shape index (κ1) is 17.3. The Morgan fingerprint density at radius 2 is 1.70 bits per heavy atom. The molecule has 0 saturated heterocycles. The lowest BCUT2D eigenvalue weighted by Crippen LogP contribution is -2.22. The summed E-state index contributed by atoms with van der Waals surface area (Å²) in [5, 5.41) is 0.188. The lowest BCUT2D eigenvalue weighted by atomic mass is 10.2. The van der Waals surface area contributed by atoms with Crippen LogP contribution in [0.4, 0.5) is 5.69 Å². The lowest BCUT2D eigenvalue weighted by Gasteiger charge is -2.13. The van der Waals surface area contributed by atoms with Crippen LogP contribution < -0.4 is 4.72 Å². The van der Waals surface area contributed by atoms with Gasteiger partial charge >= 0.3 is 0 Å². The summed E-state index contributed by atoms with van der Waals surface area (Å²) < 4.78 is 27.1. The van der Waals surface area contributed by atoms with E-state index >= 15 is 0 Å². The number of halogens is 1. The van der Waals surface area contributed by atoms with Crippen LogP contribution in [-0.4, -0.2) is 33.3 Å². The van der Waals surface area contributed by atoms with Crippen molar-refractivity contribution in [1.82, 2.24) is 4.90 Å². The number of hydrogen-bond donors (Lipinski definition) is 1. The summed E-state index contributed by atoms with van der Waals surface area (Å²) in [4.78, 5) is 13.5. The number of benzene rings is 2. The molecule has 0 saturated carbocycles. The fraction of sp³-hybridized carbons (Fsp3) is 0.188. The van der Waals surface area contributed by atoms with E-state index in [4.69, 9.17) is 11.6 Å². The average molecular weight is 353 g/mol. The number of amides is 1. The van der Waals surface area contributed by atoms with Gasteiger partial charge < -0.3 is 4.90 Å². The van der Waals surface area contributed by atoms with E-state index in [1.807, 2.05) is 6.92 Å². The molecule has 2 rings (SSSR count). The van der Waals surface area contributed by atoms with Crippen LogP contribution in [0.1, 0.15) is 15.9 Å². The van der Waals surface area contributed by atoms with Gasteiger partial charge in [0.2, 0.25) is 0 Å². The van der Waals surface area contributed by atoms with Gasteiger partial charge in [-0.05, 0) is 37.3 Å². The van der Waals surface area contributed by atoms with Crippen molar-refractivity contribution in [3.63, 3.8) is 0 Å². The smallest absolute Gasteiger partial charge is 0.261 e. The number of sulfonamides is 1. The van der Waals surface area contributed by atoms with E-state index in [0.717, 1.165) is 5.56 Å². The van der Waals surface area contributed by atoms with Gasteiger partial charge in [-0.1, -0.05) is 29.3 Å². The second-order valence-electron chi connectivity index (χ2n) is 5.31. The summed E-state index contributed by atoms with van der Waals surface area (Å²) >= 11 is 6.08. The molecule has 0 aliphatic heterocycles. The molecule has 2 aromatic carbocycles. The lowest BCUT2D eigenvalue weighted by molar-refractivity contribution is 0.0828. The fourth-order valence-corrected chi connectivity index (χ4v) is 3.24. The number of carbonyl (C=O) groups excluding carboxylic acids is 1. The van der Waals surface area contributed by atoms with Crippen molar-refractivity contribution >= 4 is 33.2 Å². The summed E-state index contributed by atoms with van der Waals surface area (Å²) in [5.41, 5.74) is 1.58. The van der Waals surface area contributed by atoms with Gasteiger partial charge in [-0.25, -0.2) is 8.42 Å². The van der Waals surface area contributed by atoms with Gasteiger partial charge in [-0.2, -0.15) is 0 Å². The van der Waals surface area contributed by atoms with Gasteiger partial charge in [-0.15, -0.1) is 0 Å². The maximum Gasteiger partial charge on any atom is 0.261 e. The largest absolute Gasteiger partial charge is 0.345 e. The third kappa shape index (κ3) is 4.03. The number of nitrogens with one attached hydrogen (secondary N) is 1. The zero-order chi connectivity index (χ0) is 17.2. The molecule has 1 amide bonds. The van der Waals surface area contributed by atoms with Crippen LogP contribution in [0.25, 0.3) is 0 Å². The fourth-order valence-electron chi connectivity index (χ4n) is 1.92. The van der Waals surface area contributed by atoms with Crippen molar-refractivity contribution < 1.29 is 13.2 Å². The molecule has 0 spiro atoms. The molecule has 0 radical (unpaired) electrons. The Balaban J connectivity index is 2.28. The first-order chi connectivity index (χ1) is 10.7. The minimum atomic E-state index is -3.70. The highest BCUT2D eigenvalue weighted by molar-refractivity contribution is 7.92. The van der Waals surface area contributed by atoms with Crippen LogP contribution in [0.2, 0.25) is 5.02 Å². The highest BCUT2D eigenvalue weighted by Gasteiger charge is 2.17. The van der Waals surface area contributed by atoms with Crippen LogP contribution in [0.3, 0.4) is 0 Å². The number of nitrogens with zero attached hydrogens (tertiary/aromatic N) is 1. The molecule has 2 aromatic rings. The second kappa shape index (κ2) is 6.60. The van der Waals surface area contributed by atoms with Crippen molar-refractivity contribution in [1.29, 1.82) is 0 Å². The minimum Gasteiger partial charge on any atom is -0.345 e. The molecule has 0 atom stereocenters. The van der Waals surface area contributed by atoms with E-state index in [0.29, 0.717) is 11.3 Å². The van der Waals surface area contributed by atoms with Crippen molar-refractivity contribution in [2.45, 2.75) is 11.8 Å². The molecular formula is C16H17ClN2O3S. The van der Waals surface area contributed by atoms with E-state index in [2.05, 4.69) is 4.72 Å². The summed E-state index contributed by atoms with van der Waals surface area (Å²) in [6.07, 6.45) is 0. The minimum absolute atomic E-state index is 0.160. The van der Waals surface area contributed by atoms with Crippen LogP contribution >= 0.6 is 11.6 Å². The number of aryl methyl sites for hydroxylation is 1. The summed E-state index contributed by atoms with van der Waals surface area (Å²) in [6.45, 7) is 1.88. The Bertz CT molecular complexity index is 831. The Labute approximate surface area is 140 Å². The van der Waals surface area contributed by atoms with Gasteiger partial charge in [0.25, 0.3) is 15.9 Å². The zero-order valence-corrected chi connectivity index (χ0v) is 14.6. The van der Waals surface area contributed by atoms with Crippen molar-refractivity contribution in [2.75, 3.05) is 18.8 Å². The quantitative estimate of drug-likeness (QED) is 0.919. The Hall–Kier alpha value is -2.05. The predicted molar refractivity (Wildman–Crippen MR) is 91.5 cm³/mol. The molecular weight excluding hydrogens is 336 g/mol. The van der Waals surface area contributed by atoms with Gasteiger partial charge in [0.15, 0.2) is 0 Å². The van der Waals surface area contributed by atoms with E-state index < -0.39 is 10.0 Å². The van der Waals surface area contributed by atoms with Crippen LogP contribution in [-0.2, 0) is 10.0 Å². The van der Waals surface area contributed by atoms with Crippen molar-refractivity contribution in [3.8, 4) is 0 Å². The normalized spacial score (nSPS) is 11.1. The summed E-state index contributed by atoms with van der Waals surface area (Å²) in [5.74, 6) is -0.247. The molecule has 23 heavy (non-hydrogen) atoms. The Morgan fingerprint density at radius 1 is 1.09 bits per heavy atom. The van der Waals surface area contributed by atoms with Crippen molar-refractivity contribution in [2.24, 2.45) is 0 Å². The van der Waals surface area contributed by atoms with Crippen LogP contribution in [0.15, 0.2) is 47.4 Å². The Morgan fingerprint density at radius 3 is 2.22 bits per heavy atom. The van der Waals surface area contributed by atoms with Gasteiger partial charge in [0.05, 0.1) is 21.2 Å². The molecule has 0 aromatic heterocycles. The monoisotopic (exact) mass is 352 g/mol. The molecule has 0 aliphatic carbocycles. The zero-order valence-electron chi connectivity index (χ0n) is 13.0. The van der Waals surface area contributed by atoms with E-state index in [1.54, 1.807) is 26.2 Å². The highest BCUT2D eigenvalue weighted by atomic mass is 35.5. The topological polar surface area (TPSA) is 66.5 Å². The molecule has 0 fully saturated rings. The Kier molecular flexibility index (Phi) is 4.97. The van der Waals surface area contributed by atoms with E-state index in [9.17, 15) is 13.2 Å². The van der Waals surface area contributed by atoms with Gasteiger partial charge in [-0.3, -0.25) is 9.52 Å². The standard InChI is InChI=1S/C16H17ClN2O3S/c1-11-4-7-13(8-5-11)23(21,22)18-12-6-9-14(15(17)10-12)16(20)19(2)3/h4-10,18H,1-3H3. The third-order valence-electron chi connectivity index (χ3n) is 3.19. The maximum atomic E-state index is 12.3. The number of anilines is 1. The number of rotatable bonds is 4.